The van der Waals surface area contributed by atoms with Gasteiger partial charge in [-0.3, -0.25) is 4.79 Å². The molecular formula is C18H20FN3O. The molecule has 1 heterocycles. The van der Waals surface area contributed by atoms with Crippen LogP contribution < -0.4 is 10.6 Å². The van der Waals surface area contributed by atoms with Crippen molar-refractivity contribution < 1.29 is 9.18 Å². The van der Waals surface area contributed by atoms with Gasteiger partial charge in [-0.15, -0.1) is 0 Å². The van der Waals surface area contributed by atoms with E-state index in [2.05, 4.69) is 4.90 Å². The molecule has 3 rings (SSSR count). The number of nitrogens with zero attached hydrogens (tertiary/aromatic N) is 2. The Bertz CT molecular complexity index is 707. The third-order valence-electron chi connectivity index (χ3n) is 4.28. The standard InChI is InChI=1S/C18H20FN3O/c1-13-12-14(2-7-17(13)20)18(23)22-10-8-21(9-11-22)16-5-3-15(19)4-6-16/h2-7,12H,8-11,20H2,1H3. The number of amides is 1. The maximum absolute atomic E-state index is 13.0. The third kappa shape index (κ3) is 3.28. The molecule has 2 aromatic carbocycles. The summed E-state index contributed by atoms with van der Waals surface area (Å²) >= 11 is 0. The number of carbonyl (C=O) groups is 1. The van der Waals surface area contributed by atoms with Gasteiger partial charge in [-0.25, -0.2) is 4.39 Å². The van der Waals surface area contributed by atoms with Crippen LogP contribution >= 0.6 is 0 Å². The average Bonchev–Trinajstić information content (AvgIpc) is 2.57. The Morgan fingerprint density at radius 2 is 1.70 bits per heavy atom. The Balaban J connectivity index is 1.65. The molecule has 0 bridgehead atoms. The Morgan fingerprint density at radius 3 is 2.30 bits per heavy atom. The first-order chi connectivity index (χ1) is 11.0. The van der Waals surface area contributed by atoms with Crippen LogP contribution in [0.5, 0.6) is 0 Å². The number of hydrogen-bond donors (Lipinski definition) is 1. The number of rotatable bonds is 2. The molecule has 0 atom stereocenters. The first-order valence-corrected chi connectivity index (χ1v) is 7.70. The van der Waals surface area contributed by atoms with Gasteiger partial charge in [-0.05, 0) is 55.0 Å². The Labute approximate surface area is 135 Å². The van der Waals surface area contributed by atoms with E-state index in [-0.39, 0.29) is 11.7 Å². The van der Waals surface area contributed by atoms with Gasteiger partial charge in [0.25, 0.3) is 5.91 Å². The Morgan fingerprint density at radius 1 is 1.04 bits per heavy atom. The summed E-state index contributed by atoms with van der Waals surface area (Å²) in [6.07, 6.45) is 0. The first-order valence-electron chi connectivity index (χ1n) is 7.70. The molecule has 5 heteroatoms. The normalized spacial score (nSPS) is 14.9. The van der Waals surface area contributed by atoms with Crippen molar-refractivity contribution in [2.75, 3.05) is 36.8 Å². The molecule has 0 aliphatic carbocycles. The number of nitrogens with two attached hydrogens (primary N) is 1. The fraction of sp³-hybridized carbons (Fsp3) is 0.278. The van der Waals surface area contributed by atoms with E-state index in [9.17, 15) is 9.18 Å². The summed E-state index contributed by atoms with van der Waals surface area (Å²) in [5, 5.41) is 0. The van der Waals surface area contributed by atoms with Crippen molar-refractivity contribution in [3.8, 4) is 0 Å². The highest BCUT2D eigenvalue weighted by molar-refractivity contribution is 5.95. The number of halogens is 1. The summed E-state index contributed by atoms with van der Waals surface area (Å²) in [6.45, 7) is 4.69. The molecule has 0 saturated carbocycles. The first kappa shape index (κ1) is 15.3. The maximum Gasteiger partial charge on any atom is 0.253 e. The second kappa shape index (κ2) is 6.28. The zero-order valence-electron chi connectivity index (χ0n) is 13.1. The van der Waals surface area contributed by atoms with Crippen molar-refractivity contribution in [2.45, 2.75) is 6.92 Å². The smallest absolute Gasteiger partial charge is 0.253 e. The van der Waals surface area contributed by atoms with Gasteiger partial charge in [-0.1, -0.05) is 0 Å². The minimum absolute atomic E-state index is 0.0341. The molecular weight excluding hydrogens is 293 g/mol. The topological polar surface area (TPSA) is 49.6 Å². The predicted octanol–water partition coefficient (Wildman–Crippen LogP) is 2.68. The average molecular weight is 313 g/mol. The van der Waals surface area contributed by atoms with Crippen LogP contribution in [0.3, 0.4) is 0 Å². The zero-order valence-corrected chi connectivity index (χ0v) is 13.1. The number of benzene rings is 2. The third-order valence-corrected chi connectivity index (χ3v) is 4.28. The number of piperazine rings is 1. The van der Waals surface area contributed by atoms with Gasteiger partial charge in [0, 0.05) is 43.1 Å². The van der Waals surface area contributed by atoms with Gasteiger partial charge in [0.15, 0.2) is 0 Å². The lowest BCUT2D eigenvalue weighted by molar-refractivity contribution is 0.0746. The highest BCUT2D eigenvalue weighted by Gasteiger charge is 2.22. The lowest BCUT2D eigenvalue weighted by atomic mass is 10.1. The van der Waals surface area contributed by atoms with E-state index in [1.807, 2.05) is 17.9 Å². The van der Waals surface area contributed by atoms with Crippen LogP contribution in [0, 0.1) is 12.7 Å². The SMILES string of the molecule is Cc1cc(C(=O)N2CCN(c3ccc(F)cc3)CC2)ccc1N. The molecule has 4 nitrogen and oxygen atoms in total. The molecule has 120 valence electrons. The molecule has 1 aliphatic rings. The monoisotopic (exact) mass is 313 g/mol. The number of hydrogen-bond acceptors (Lipinski definition) is 3. The summed E-state index contributed by atoms with van der Waals surface area (Å²) in [5.74, 6) is -0.201. The van der Waals surface area contributed by atoms with Crippen LogP contribution in [-0.2, 0) is 0 Å². The summed E-state index contributed by atoms with van der Waals surface area (Å²) in [7, 11) is 0. The van der Waals surface area contributed by atoms with Crippen LogP contribution in [0.1, 0.15) is 15.9 Å². The summed E-state index contributed by atoms with van der Waals surface area (Å²) < 4.78 is 13.0. The molecule has 0 spiro atoms. The fourth-order valence-electron chi connectivity index (χ4n) is 2.81. The summed E-state index contributed by atoms with van der Waals surface area (Å²) in [4.78, 5) is 16.6. The van der Waals surface area contributed by atoms with Crippen LogP contribution in [-0.4, -0.2) is 37.0 Å². The van der Waals surface area contributed by atoms with Gasteiger partial charge in [0.1, 0.15) is 5.82 Å². The molecule has 2 N–H and O–H groups in total. The molecule has 0 aromatic heterocycles. The molecule has 1 amide bonds. The molecule has 1 saturated heterocycles. The van der Waals surface area contributed by atoms with Crippen molar-refractivity contribution in [3.63, 3.8) is 0 Å². The molecule has 23 heavy (non-hydrogen) atoms. The van der Waals surface area contributed by atoms with E-state index in [1.165, 1.54) is 12.1 Å². The van der Waals surface area contributed by atoms with Crippen LogP contribution in [0.25, 0.3) is 0 Å². The van der Waals surface area contributed by atoms with Crippen LogP contribution in [0.4, 0.5) is 15.8 Å². The lowest BCUT2D eigenvalue weighted by Crippen LogP contribution is -2.48. The highest BCUT2D eigenvalue weighted by atomic mass is 19.1. The van der Waals surface area contributed by atoms with E-state index in [1.54, 1.807) is 24.3 Å². The van der Waals surface area contributed by atoms with Gasteiger partial charge in [-0.2, -0.15) is 0 Å². The van der Waals surface area contributed by atoms with Gasteiger partial charge in [0.05, 0.1) is 0 Å². The Hall–Kier alpha value is -2.56. The van der Waals surface area contributed by atoms with Gasteiger partial charge in [0.2, 0.25) is 0 Å². The van der Waals surface area contributed by atoms with Crippen molar-refractivity contribution in [2.24, 2.45) is 0 Å². The number of aryl methyl sites for hydroxylation is 1. The second-order valence-corrected chi connectivity index (χ2v) is 5.83. The zero-order chi connectivity index (χ0) is 16.4. The van der Waals surface area contributed by atoms with Crippen LogP contribution in [0.2, 0.25) is 0 Å². The van der Waals surface area contributed by atoms with Crippen molar-refractivity contribution >= 4 is 17.3 Å². The van der Waals surface area contributed by atoms with E-state index < -0.39 is 0 Å². The van der Waals surface area contributed by atoms with Crippen LogP contribution in [0.15, 0.2) is 42.5 Å². The summed E-state index contributed by atoms with van der Waals surface area (Å²) in [6, 6.07) is 11.9. The van der Waals surface area contributed by atoms with E-state index >= 15 is 0 Å². The largest absolute Gasteiger partial charge is 0.399 e. The van der Waals surface area contributed by atoms with E-state index in [4.69, 9.17) is 5.73 Å². The quantitative estimate of drug-likeness (QED) is 0.867. The van der Waals surface area contributed by atoms with E-state index in [0.717, 1.165) is 24.3 Å². The fourth-order valence-corrected chi connectivity index (χ4v) is 2.81. The van der Waals surface area contributed by atoms with E-state index in [0.29, 0.717) is 24.3 Å². The lowest BCUT2D eigenvalue weighted by Gasteiger charge is -2.36. The molecule has 0 unspecified atom stereocenters. The van der Waals surface area contributed by atoms with Crippen molar-refractivity contribution in [3.05, 3.63) is 59.4 Å². The molecule has 1 fully saturated rings. The highest BCUT2D eigenvalue weighted by Crippen LogP contribution is 2.19. The summed E-state index contributed by atoms with van der Waals surface area (Å²) in [5.41, 5.74) is 9.08. The predicted molar refractivity (Wildman–Crippen MR) is 90.1 cm³/mol. The van der Waals surface area contributed by atoms with Gasteiger partial charge >= 0.3 is 0 Å². The Kier molecular flexibility index (Phi) is 4.19. The molecule has 0 radical (unpaired) electrons. The minimum Gasteiger partial charge on any atom is -0.399 e. The van der Waals surface area contributed by atoms with Crippen molar-refractivity contribution in [1.29, 1.82) is 0 Å². The molecule has 2 aromatic rings. The number of carbonyl (C=O) groups excluding carboxylic acids is 1. The molecule has 1 aliphatic heterocycles. The number of nitrogen functional groups attached to an aromatic ring is 1. The second-order valence-electron chi connectivity index (χ2n) is 5.83. The minimum atomic E-state index is -0.235. The number of anilines is 2. The van der Waals surface area contributed by atoms with Gasteiger partial charge < -0.3 is 15.5 Å². The maximum atomic E-state index is 13.0. The van der Waals surface area contributed by atoms with Crippen molar-refractivity contribution in [1.82, 2.24) is 4.90 Å².